The van der Waals surface area contributed by atoms with E-state index in [1.807, 2.05) is 12.4 Å². The van der Waals surface area contributed by atoms with Gasteiger partial charge in [-0.05, 0) is 49.2 Å². The van der Waals surface area contributed by atoms with E-state index in [9.17, 15) is 0 Å². The van der Waals surface area contributed by atoms with Crippen LogP contribution in [0.4, 0.5) is 5.69 Å². The lowest BCUT2D eigenvalue weighted by Gasteiger charge is -2.22. The molecule has 25 heavy (non-hydrogen) atoms. The number of H-pyrrole nitrogens is 1. The lowest BCUT2D eigenvalue weighted by atomic mass is 9.96. The molecule has 0 amide bonds. The smallest absolute Gasteiger partial charge is 0.0792 e. The van der Waals surface area contributed by atoms with Crippen LogP contribution in [0.5, 0.6) is 0 Å². The van der Waals surface area contributed by atoms with Crippen molar-refractivity contribution in [2.24, 2.45) is 0 Å². The Hall–Kier alpha value is -3.07. The number of aryl methyl sites for hydroxylation is 2. The average molecular weight is 327 g/mol. The number of rotatable bonds is 4. The summed E-state index contributed by atoms with van der Waals surface area (Å²) in [6, 6.07) is 21.1. The summed E-state index contributed by atoms with van der Waals surface area (Å²) in [5.74, 6) is 0. The van der Waals surface area contributed by atoms with Gasteiger partial charge in [0.05, 0.1) is 6.04 Å². The number of nitrogens with zero attached hydrogens (tertiary/aromatic N) is 1. The molecule has 4 aromatic rings. The van der Waals surface area contributed by atoms with E-state index in [2.05, 4.69) is 89.8 Å². The van der Waals surface area contributed by atoms with Crippen molar-refractivity contribution in [1.82, 2.24) is 9.97 Å². The molecule has 0 fully saturated rings. The fourth-order valence-electron chi connectivity index (χ4n) is 3.44. The first-order chi connectivity index (χ1) is 12.2. The van der Waals surface area contributed by atoms with Gasteiger partial charge in [-0.15, -0.1) is 0 Å². The molecule has 2 aromatic heterocycles. The molecule has 0 aliphatic heterocycles. The maximum atomic E-state index is 4.18. The largest absolute Gasteiger partial charge is 0.374 e. The van der Waals surface area contributed by atoms with Gasteiger partial charge in [-0.1, -0.05) is 36.4 Å². The van der Waals surface area contributed by atoms with E-state index in [0.717, 1.165) is 5.69 Å². The Labute approximate surface area is 147 Å². The number of para-hydroxylation sites is 2. The van der Waals surface area contributed by atoms with Gasteiger partial charge in [-0.25, -0.2) is 0 Å². The zero-order chi connectivity index (χ0) is 17.2. The van der Waals surface area contributed by atoms with Crippen molar-refractivity contribution in [3.05, 3.63) is 95.4 Å². The van der Waals surface area contributed by atoms with Crippen LogP contribution in [0.25, 0.3) is 10.9 Å². The summed E-state index contributed by atoms with van der Waals surface area (Å²) in [6.45, 7) is 4.27. The molecule has 0 aliphatic rings. The van der Waals surface area contributed by atoms with E-state index in [4.69, 9.17) is 0 Å². The second kappa shape index (κ2) is 6.44. The maximum Gasteiger partial charge on any atom is 0.0792 e. The van der Waals surface area contributed by atoms with Crippen LogP contribution >= 0.6 is 0 Å². The number of benzene rings is 2. The van der Waals surface area contributed by atoms with Gasteiger partial charge < -0.3 is 10.3 Å². The van der Waals surface area contributed by atoms with E-state index in [0.29, 0.717) is 0 Å². The molecular formula is C22H21N3. The number of pyridine rings is 1. The van der Waals surface area contributed by atoms with Crippen molar-refractivity contribution in [3.63, 3.8) is 0 Å². The van der Waals surface area contributed by atoms with Crippen LogP contribution in [0.15, 0.2) is 73.1 Å². The van der Waals surface area contributed by atoms with Gasteiger partial charge in [-0.2, -0.15) is 0 Å². The predicted octanol–water partition coefficient (Wildman–Crippen LogP) is 5.38. The van der Waals surface area contributed by atoms with Crippen LogP contribution in [0.1, 0.15) is 28.4 Å². The predicted molar refractivity (Wildman–Crippen MR) is 104 cm³/mol. The van der Waals surface area contributed by atoms with Gasteiger partial charge in [0, 0.05) is 40.2 Å². The van der Waals surface area contributed by atoms with Gasteiger partial charge in [0.15, 0.2) is 0 Å². The quantitative estimate of drug-likeness (QED) is 0.528. The Morgan fingerprint density at radius 1 is 0.880 bits per heavy atom. The SMILES string of the molecule is Cc1ccccc1N[C@@H](c1ccncc1)c1c(C)[nH]c2ccccc12. The minimum Gasteiger partial charge on any atom is -0.374 e. The number of hydrogen-bond donors (Lipinski definition) is 2. The molecule has 3 heteroatoms. The molecule has 2 N–H and O–H groups in total. The number of fused-ring (bicyclic) bond motifs is 1. The van der Waals surface area contributed by atoms with Crippen LogP contribution in [-0.4, -0.2) is 9.97 Å². The Kier molecular flexibility index (Phi) is 3.98. The number of aromatic amines is 1. The molecule has 0 saturated carbocycles. The van der Waals surface area contributed by atoms with Crippen molar-refractivity contribution in [2.75, 3.05) is 5.32 Å². The van der Waals surface area contributed by atoms with Crippen LogP contribution in [0, 0.1) is 13.8 Å². The molecule has 0 bridgehead atoms. The summed E-state index contributed by atoms with van der Waals surface area (Å²) in [4.78, 5) is 7.70. The Morgan fingerprint density at radius 2 is 1.60 bits per heavy atom. The van der Waals surface area contributed by atoms with Crippen molar-refractivity contribution in [2.45, 2.75) is 19.9 Å². The number of anilines is 1. The molecule has 0 spiro atoms. The van der Waals surface area contributed by atoms with Gasteiger partial charge in [-0.3, -0.25) is 4.98 Å². The Bertz CT molecular complexity index is 1000. The highest BCUT2D eigenvalue weighted by Crippen LogP contribution is 2.34. The van der Waals surface area contributed by atoms with E-state index >= 15 is 0 Å². The molecule has 0 unspecified atom stereocenters. The molecule has 4 rings (SSSR count). The van der Waals surface area contributed by atoms with Gasteiger partial charge in [0.2, 0.25) is 0 Å². The monoisotopic (exact) mass is 327 g/mol. The molecule has 124 valence electrons. The van der Waals surface area contributed by atoms with Crippen molar-refractivity contribution >= 4 is 16.6 Å². The molecule has 2 aromatic carbocycles. The topological polar surface area (TPSA) is 40.7 Å². The first kappa shape index (κ1) is 15.5. The average Bonchev–Trinajstić information content (AvgIpc) is 2.97. The normalized spacial score (nSPS) is 12.2. The number of aromatic nitrogens is 2. The lowest BCUT2D eigenvalue weighted by Crippen LogP contribution is -2.14. The summed E-state index contributed by atoms with van der Waals surface area (Å²) in [6.07, 6.45) is 3.71. The van der Waals surface area contributed by atoms with Crippen molar-refractivity contribution in [3.8, 4) is 0 Å². The molecule has 1 atom stereocenters. The number of nitrogens with one attached hydrogen (secondary N) is 2. The van der Waals surface area contributed by atoms with Gasteiger partial charge in [0.25, 0.3) is 0 Å². The van der Waals surface area contributed by atoms with Crippen LogP contribution in [0.3, 0.4) is 0 Å². The zero-order valence-electron chi connectivity index (χ0n) is 14.5. The lowest BCUT2D eigenvalue weighted by molar-refractivity contribution is 0.926. The third-order valence-electron chi connectivity index (χ3n) is 4.72. The maximum absolute atomic E-state index is 4.18. The van der Waals surface area contributed by atoms with Crippen LogP contribution in [-0.2, 0) is 0 Å². The standard InChI is InChI=1S/C22H21N3/c1-15-7-3-5-9-19(15)25-22(17-11-13-23-14-12-17)21-16(2)24-20-10-6-4-8-18(20)21/h3-14,22,24-25H,1-2H3/t22-/m0/s1. The Balaban J connectivity index is 1.88. The third-order valence-corrected chi connectivity index (χ3v) is 4.72. The zero-order valence-corrected chi connectivity index (χ0v) is 14.5. The van der Waals surface area contributed by atoms with E-state index in [1.165, 1.54) is 33.3 Å². The van der Waals surface area contributed by atoms with Crippen molar-refractivity contribution in [1.29, 1.82) is 0 Å². The molecule has 0 aliphatic carbocycles. The van der Waals surface area contributed by atoms with E-state index < -0.39 is 0 Å². The minimum absolute atomic E-state index is 0.0558. The van der Waals surface area contributed by atoms with Gasteiger partial charge in [0.1, 0.15) is 0 Å². The second-order valence-corrected chi connectivity index (χ2v) is 6.38. The first-order valence-electron chi connectivity index (χ1n) is 8.53. The first-order valence-corrected chi connectivity index (χ1v) is 8.53. The highest BCUT2D eigenvalue weighted by atomic mass is 14.9. The minimum atomic E-state index is 0.0558. The summed E-state index contributed by atoms with van der Waals surface area (Å²) in [5.41, 5.74) is 7.22. The third kappa shape index (κ3) is 2.89. The fourth-order valence-corrected chi connectivity index (χ4v) is 3.44. The van der Waals surface area contributed by atoms with E-state index in [1.54, 1.807) is 0 Å². The molecule has 0 radical (unpaired) electrons. The van der Waals surface area contributed by atoms with Crippen LogP contribution in [0.2, 0.25) is 0 Å². The van der Waals surface area contributed by atoms with Crippen LogP contribution < -0.4 is 5.32 Å². The Morgan fingerprint density at radius 3 is 2.40 bits per heavy atom. The molecule has 2 heterocycles. The summed E-state index contributed by atoms with van der Waals surface area (Å²) in [5, 5.41) is 5.00. The highest BCUT2D eigenvalue weighted by Gasteiger charge is 2.21. The van der Waals surface area contributed by atoms with Crippen molar-refractivity contribution < 1.29 is 0 Å². The fraction of sp³-hybridized carbons (Fsp3) is 0.136. The summed E-state index contributed by atoms with van der Waals surface area (Å²) >= 11 is 0. The van der Waals surface area contributed by atoms with Gasteiger partial charge >= 0.3 is 0 Å². The molecular weight excluding hydrogens is 306 g/mol. The highest BCUT2D eigenvalue weighted by molar-refractivity contribution is 5.86. The summed E-state index contributed by atoms with van der Waals surface area (Å²) in [7, 11) is 0. The number of hydrogen-bond acceptors (Lipinski definition) is 2. The summed E-state index contributed by atoms with van der Waals surface area (Å²) < 4.78 is 0. The van der Waals surface area contributed by atoms with E-state index in [-0.39, 0.29) is 6.04 Å². The second-order valence-electron chi connectivity index (χ2n) is 6.38. The molecule has 3 nitrogen and oxygen atoms in total. The molecule has 0 saturated heterocycles.